The van der Waals surface area contributed by atoms with E-state index < -0.39 is 0 Å². The van der Waals surface area contributed by atoms with E-state index in [1.54, 1.807) is 22.8 Å². The molecular weight excluding hydrogens is 360 g/mol. The number of amides is 2. The molecule has 146 valence electrons. The second-order valence-electron chi connectivity index (χ2n) is 6.87. The molecule has 1 fully saturated rings. The van der Waals surface area contributed by atoms with Crippen LogP contribution in [0.2, 0.25) is 0 Å². The van der Waals surface area contributed by atoms with Gasteiger partial charge in [0, 0.05) is 37.9 Å². The van der Waals surface area contributed by atoms with Crippen LogP contribution >= 0.6 is 0 Å². The zero-order chi connectivity index (χ0) is 19.7. The molecular formula is C18H22N8O2. The van der Waals surface area contributed by atoms with E-state index in [0.717, 1.165) is 12.1 Å². The molecule has 0 aliphatic carbocycles. The Hall–Kier alpha value is -3.27. The Morgan fingerprint density at radius 1 is 1.21 bits per heavy atom. The van der Waals surface area contributed by atoms with Crippen molar-refractivity contribution in [1.29, 1.82) is 0 Å². The maximum atomic E-state index is 12.7. The molecule has 1 unspecified atom stereocenters. The summed E-state index contributed by atoms with van der Waals surface area (Å²) in [7, 11) is 3.81. The third-order valence-electron chi connectivity index (χ3n) is 4.76. The molecule has 3 aromatic rings. The summed E-state index contributed by atoms with van der Waals surface area (Å²) < 4.78 is 6.96. The number of nitrogens with zero attached hydrogens (tertiary/aromatic N) is 7. The Kier molecular flexibility index (Phi) is 4.78. The lowest BCUT2D eigenvalue weighted by Crippen LogP contribution is -2.50. The molecule has 28 heavy (non-hydrogen) atoms. The molecule has 0 radical (unpaired) electrons. The molecule has 2 amide bonds. The van der Waals surface area contributed by atoms with Gasteiger partial charge in [0.2, 0.25) is 5.89 Å². The summed E-state index contributed by atoms with van der Waals surface area (Å²) in [6.45, 7) is 3.62. The topological polar surface area (TPSA) is 105 Å². The third kappa shape index (κ3) is 3.72. The number of aromatic nitrogens is 5. The van der Waals surface area contributed by atoms with Crippen LogP contribution < -0.4 is 5.32 Å². The number of carbonyl (C=O) groups excluding carboxylic acids is 1. The predicted octanol–water partition coefficient (Wildman–Crippen LogP) is 1.69. The fourth-order valence-electron chi connectivity index (χ4n) is 3.15. The second-order valence-corrected chi connectivity index (χ2v) is 6.87. The van der Waals surface area contributed by atoms with Gasteiger partial charge < -0.3 is 14.7 Å². The number of hydrogen-bond acceptors (Lipinski definition) is 7. The van der Waals surface area contributed by atoms with Crippen molar-refractivity contribution in [2.45, 2.75) is 13.0 Å². The fraction of sp³-hybridized carbons (Fsp3) is 0.389. The van der Waals surface area contributed by atoms with Crippen LogP contribution in [0.3, 0.4) is 0 Å². The second kappa shape index (κ2) is 7.39. The number of likely N-dealkylation sites (N-methyl/N-ethyl adjacent to an activating group) is 1. The van der Waals surface area contributed by atoms with Crippen LogP contribution in [-0.4, -0.2) is 67.4 Å². The summed E-state index contributed by atoms with van der Waals surface area (Å²) in [6.07, 6.45) is 1.65. The van der Waals surface area contributed by atoms with Gasteiger partial charge in [0.15, 0.2) is 11.6 Å². The van der Waals surface area contributed by atoms with Crippen molar-refractivity contribution in [1.82, 2.24) is 34.7 Å². The van der Waals surface area contributed by atoms with E-state index >= 15 is 0 Å². The Morgan fingerprint density at radius 3 is 2.64 bits per heavy atom. The van der Waals surface area contributed by atoms with E-state index in [1.807, 2.05) is 38.4 Å². The Bertz CT molecular complexity index is 964. The van der Waals surface area contributed by atoms with Crippen LogP contribution in [-0.2, 0) is 7.05 Å². The van der Waals surface area contributed by atoms with Crippen molar-refractivity contribution >= 4 is 11.7 Å². The molecule has 1 aliphatic rings. The average Bonchev–Trinajstić information content (AvgIpc) is 3.31. The molecule has 0 bridgehead atoms. The predicted molar refractivity (Wildman–Crippen MR) is 101 cm³/mol. The lowest BCUT2D eigenvalue weighted by molar-refractivity contribution is 0.0960. The van der Waals surface area contributed by atoms with E-state index in [0.29, 0.717) is 36.3 Å². The first-order valence-electron chi connectivity index (χ1n) is 9.02. The molecule has 3 heterocycles. The highest BCUT2D eigenvalue weighted by Gasteiger charge is 2.32. The Morgan fingerprint density at radius 2 is 2.00 bits per heavy atom. The number of rotatable bonds is 3. The van der Waals surface area contributed by atoms with Crippen LogP contribution in [0.4, 0.5) is 10.5 Å². The number of piperazine rings is 1. The van der Waals surface area contributed by atoms with Crippen LogP contribution in [0.5, 0.6) is 0 Å². The van der Waals surface area contributed by atoms with Gasteiger partial charge in [-0.15, -0.1) is 0 Å². The summed E-state index contributed by atoms with van der Waals surface area (Å²) >= 11 is 0. The highest BCUT2D eigenvalue weighted by molar-refractivity contribution is 5.89. The smallest absolute Gasteiger partial charge is 0.321 e. The molecule has 4 rings (SSSR count). The van der Waals surface area contributed by atoms with Crippen LogP contribution in [0.15, 0.2) is 35.1 Å². The van der Waals surface area contributed by atoms with Crippen molar-refractivity contribution in [2.75, 3.05) is 32.0 Å². The number of anilines is 1. The summed E-state index contributed by atoms with van der Waals surface area (Å²) in [5.74, 6) is 1.77. The first-order valence-corrected chi connectivity index (χ1v) is 9.02. The van der Waals surface area contributed by atoms with Gasteiger partial charge in [-0.3, -0.25) is 9.58 Å². The molecule has 10 nitrogen and oxygen atoms in total. The van der Waals surface area contributed by atoms with Crippen molar-refractivity contribution < 1.29 is 9.32 Å². The summed E-state index contributed by atoms with van der Waals surface area (Å²) in [6, 6.07) is 7.20. The van der Waals surface area contributed by atoms with Crippen molar-refractivity contribution in [3.05, 3.63) is 42.3 Å². The number of carbonyl (C=O) groups is 1. The Labute approximate surface area is 162 Å². The average molecular weight is 382 g/mol. The molecule has 0 saturated carbocycles. The number of hydrogen-bond donors (Lipinski definition) is 1. The number of benzene rings is 1. The highest BCUT2D eigenvalue weighted by atomic mass is 16.5. The third-order valence-corrected chi connectivity index (χ3v) is 4.76. The van der Waals surface area contributed by atoms with E-state index in [9.17, 15) is 4.79 Å². The van der Waals surface area contributed by atoms with Gasteiger partial charge in [-0.05, 0) is 38.2 Å². The SMILES string of the molecule is Cc1noc(C2CN(C(=O)Nc3ccc(-c4ncn(C)n4)cc3)CCN2C)n1. The zero-order valence-electron chi connectivity index (χ0n) is 16.0. The van der Waals surface area contributed by atoms with Gasteiger partial charge in [0.25, 0.3) is 0 Å². The van der Waals surface area contributed by atoms with Gasteiger partial charge in [0.1, 0.15) is 12.4 Å². The monoisotopic (exact) mass is 382 g/mol. The molecule has 2 aromatic heterocycles. The minimum absolute atomic E-state index is 0.113. The number of urea groups is 1. The summed E-state index contributed by atoms with van der Waals surface area (Å²) in [4.78, 5) is 25.1. The molecule has 10 heteroatoms. The van der Waals surface area contributed by atoms with Crippen molar-refractivity contribution in [2.24, 2.45) is 7.05 Å². The Balaban J connectivity index is 1.41. The quantitative estimate of drug-likeness (QED) is 0.735. The standard InChI is InChI=1S/C18H22N8O2/c1-12-20-17(28-23-12)15-10-26(9-8-24(15)2)18(27)21-14-6-4-13(5-7-14)16-19-11-25(3)22-16/h4-7,11,15H,8-10H2,1-3H3,(H,21,27). The van der Waals surface area contributed by atoms with Crippen molar-refractivity contribution in [3.8, 4) is 11.4 Å². The number of aryl methyl sites for hydroxylation is 2. The maximum absolute atomic E-state index is 12.7. The van der Waals surface area contributed by atoms with E-state index in [1.165, 1.54) is 0 Å². The lowest BCUT2D eigenvalue weighted by atomic mass is 10.2. The lowest BCUT2D eigenvalue weighted by Gasteiger charge is -2.37. The van der Waals surface area contributed by atoms with Crippen LogP contribution in [0.1, 0.15) is 17.8 Å². The van der Waals surface area contributed by atoms with Gasteiger partial charge >= 0.3 is 6.03 Å². The molecule has 1 atom stereocenters. The number of nitrogens with one attached hydrogen (secondary N) is 1. The van der Waals surface area contributed by atoms with E-state index in [4.69, 9.17) is 4.52 Å². The minimum Gasteiger partial charge on any atom is -0.338 e. The maximum Gasteiger partial charge on any atom is 0.321 e. The van der Waals surface area contributed by atoms with Crippen LogP contribution in [0.25, 0.3) is 11.4 Å². The first-order chi connectivity index (χ1) is 13.5. The van der Waals surface area contributed by atoms with Crippen LogP contribution in [0, 0.1) is 6.92 Å². The van der Waals surface area contributed by atoms with Gasteiger partial charge in [-0.1, -0.05) is 5.16 Å². The molecule has 0 spiro atoms. The summed E-state index contributed by atoms with van der Waals surface area (Å²) in [5.41, 5.74) is 1.61. The van der Waals surface area contributed by atoms with Crippen molar-refractivity contribution in [3.63, 3.8) is 0 Å². The highest BCUT2D eigenvalue weighted by Crippen LogP contribution is 2.23. The molecule has 1 aromatic carbocycles. The van der Waals surface area contributed by atoms with Gasteiger partial charge in [-0.25, -0.2) is 9.78 Å². The zero-order valence-corrected chi connectivity index (χ0v) is 16.0. The van der Waals surface area contributed by atoms with E-state index in [-0.39, 0.29) is 12.1 Å². The summed E-state index contributed by atoms with van der Waals surface area (Å²) in [5, 5.41) is 11.1. The first kappa shape index (κ1) is 18.1. The largest absolute Gasteiger partial charge is 0.338 e. The molecule has 1 aliphatic heterocycles. The van der Waals surface area contributed by atoms with Gasteiger partial charge in [0.05, 0.1) is 0 Å². The molecule has 1 N–H and O–H groups in total. The minimum atomic E-state index is -0.155. The molecule has 1 saturated heterocycles. The fourth-order valence-corrected chi connectivity index (χ4v) is 3.15. The van der Waals surface area contributed by atoms with E-state index in [2.05, 4.69) is 30.4 Å². The normalized spacial score (nSPS) is 17.7. The van der Waals surface area contributed by atoms with Gasteiger partial charge in [-0.2, -0.15) is 10.1 Å².